The van der Waals surface area contributed by atoms with Gasteiger partial charge in [-0.1, -0.05) is 12.1 Å². The Kier molecular flexibility index (Phi) is 16.6. The summed E-state index contributed by atoms with van der Waals surface area (Å²) in [6.07, 6.45) is 1.66. The minimum Gasteiger partial charge on any atom is -1.00 e. The van der Waals surface area contributed by atoms with Gasteiger partial charge in [-0.15, -0.1) is 59.3 Å². The van der Waals surface area contributed by atoms with Gasteiger partial charge in [0.15, 0.2) is 5.96 Å². The van der Waals surface area contributed by atoms with Crippen LogP contribution in [0.25, 0.3) is 21.5 Å². The third-order valence-electron chi connectivity index (χ3n) is 5.52. The number of hydrogen-bond donors (Lipinski definition) is 1. The molecular weight excluding hydrogens is 663 g/mol. The van der Waals surface area contributed by atoms with Crippen LogP contribution in [0.15, 0.2) is 89.9 Å². The molecule has 1 N–H and O–H groups in total. The maximum atomic E-state index is 10.6. The van der Waals surface area contributed by atoms with E-state index >= 15 is 0 Å². The summed E-state index contributed by atoms with van der Waals surface area (Å²) in [5.74, 6) is -0.306. The fraction of sp³-hybridized carbons (Fsp3) is 0.231. The molecule has 0 bridgehead atoms. The molecule has 0 spiro atoms. The van der Waals surface area contributed by atoms with Crippen molar-refractivity contribution >= 4 is 59.3 Å². The van der Waals surface area contributed by atoms with Crippen LogP contribution in [0.1, 0.15) is 12.8 Å². The zero-order chi connectivity index (χ0) is 21.5. The summed E-state index contributed by atoms with van der Waals surface area (Å²) in [6, 6.07) is 28.8. The predicted molar refractivity (Wildman–Crippen MR) is 130 cm³/mol. The molecule has 1 atom stereocenters. The Hall–Kier alpha value is -1.27. The number of carboxylic acid groups (broad SMARTS) is 1. The SMILES string of the molecule is O=C([O-])C1CCN2CCCN=C2N1.[Cl-].[Cl-].[In+3].[Zr+4].c1ccc2[cH-]ccc2c1.c1ccc2[cH-]ccc2c1. The molecule has 0 saturated carbocycles. The second kappa shape index (κ2) is 17.2. The molecule has 1 unspecified atom stereocenters. The van der Waals surface area contributed by atoms with Crippen molar-refractivity contribution in [2.45, 2.75) is 18.9 Å². The zero-order valence-corrected chi connectivity index (χ0v) is 26.5. The van der Waals surface area contributed by atoms with E-state index in [2.05, 4.69) is 100 Å². The van der Waals surface area contributed by atoms with Crippen molar-refractivity contribution in [2.24, 2.45) is 4.99 Å². The third kappa shape index (κ3) is 9.61. The molecule has 1 fully saturated rings. The number of hydrogen-bond acceptors (Lipinski definition) is 5. The summed E-state index contributed by atoms with van der Waals surface area (Å²) >= 11 is 0. The standard InChI is InChI=1S/2C9H7.C8H13N3O2.2ClH.In.Zr/c2*1-2-5-9-7-3-6-8(9)4-1;12-7(13)6-2-5-11-4-1-3-9-8(11)10-6;;;;/h2*1-7H;6H,1-5H2,(H,9,10)(H,12,13);2*1H;;/q2*-1;;;;+3;+4/p-3. The summed E-state index contributed by atoms with van der Waals surface area (Å²) in [6.45, 7) is 2.54. The van der Waals surface area contributed by atoms with E-state index in [9.17, 15) is 9.90 Å². The first-order valence-electron chi connectivity index (χ1n) is 10.7. The van der Waals surface area contributed by atoms with Crippen LogP contribution in [0.3, 0.4) is 0 Å². The molecule has 2 aliphatic heterocycles. The predicted octanol–water partition coefficient (Wildman–Crippen LogP) is -3.10. The van der Waals surface area contributed by atoms with Crippen LogP contribution >= 0.6 is 0 Å². The van der Waals surface area contributed by atoms with Crippen LogP contribution in [-0.2, 0) is 31.0 Å². The molecule has 2 aliphatic rings. The molecule has 6 rings (SSSR count). The first kappa shape index (κ1) is 33.7. The first-order valence-corrected chi connectivity index (χ1v) is 10.7. The number of carbonyl (C=O) groups excluding carboxylic acids is 1. The summed E-state index contributed by atoms with van der Waals surface area (Å²) in [5.41, 5.74) is 0. The molecule has 5 nitrogen and oxygen atoms in total. The van der Waals surface area contributed by atoms with Gasteiger partial charge in [0.05, 0.1) is 12.0 Å². The summed E-state index contributed by atoms with van der Waals surface area (Å²) in [5, 5.41) is 18.8. The minimum atomic E-state index is -1.03. The van der Waals surface area contributed by atoms with Gasteiger partial charge in [-0.25, -0.2) is 0 Å². The summed E-state index contributed by atoms with van der Waals surface area (Å²) in [7, 11) is 0. The number of fused-ring (bicyclic) bond motifs is 3. The normalized spacial score (nSPS) is 15.4. The minimum absolute atomic E-state index is 0. The molecule has 35 heavy (non-hydrogen) atoms. The van der Waals surface area contributed by atoms with Gasteiger partial charge in [-0.05, 0) is 12.8 Å². The van der Waals surface area contributed by atoms with Gasteiger partial charge in [0.2, 0.25) is 0 Å². The Balaban J connectivity index is 0.000000478. The van der Waals surface area contributed by atoms with E-state index in [1.807, 2.05) is 0 Å². The van der Waals surface area contributed by atoms with E-state index in [-0.39, 0.29) is 76.9 Å². The summed E-state index contributed by atoms with van der Waals surface area (Å²) in [4.78, 5) is 16.9. The molecule has 4 aromatic carbocycles. The average molecular weight is 689 g/mol. The molecule has 2 heterocycles. The van der Waals surface area contributed by atoms with Crippen molar-refractivity contribution in [2.75, 3.05) is 19.6 Å². The number of carboxylic acids is 1. The number of rotatable bonds is 1. The van der Waals surface area contributed by atoms with Gasteiger partial charge in [0, 0.05) is 19.6 Å². The van der Waals surface area contributed by atoms with Crippen molar-refractivity contribution in [1.29, 1.82) is 0 Å². The number of guanidine groups is 1. The first-order chi connectivity index (χ1) is 15.2. The second-order valence-corrected chi connectivity index (χ2v) is 7.66. The summed E-state index contributed by atoms with van der Waals surface area (Å²) < 4.78 is 0. The van der Waals surface area contributed by atoms with E-state index in [4.69, 9.17) is 0 Å². The Bertz CT molecular complexity index is 1060. The van der Waals surface area contributed by atoms with Crippen LogP contribution in [0.4, 0.5) is 0 Å². The Morgan fingerprint density at radius 3 is 1.97 bits per heavy atom. The number of benzene rings is 2. The van der Waals surface area contributed by atoms with Gasteiger partial charge in [0.1, 0.15) is 0 Å². The number of halogens is 2. The molecule has 0 aromatic heterocycles. The Morgan fingerprint density at radius 2 is 1.46 bits per heavy atom. The van der Waals surface area contributed by atoms with Crippen LogP contribution in [0.5, 0.6) is 0 Å². The molecule has 176 valence electrons. The smallest absolute Gasteiger partial charge is 1.00 e. The molecule has 0 radical (unpaired) electrons. The number of carbonyl (C=O) groups is 1. The van der Waals surface area contributed by atoms with Gasteiger partial charge in [-0.3, -0.25) is 4.99 Å². The van der Waals surface area contributed by atoms with Crippen molar-refractivity contribution < 1.29 is 60.9 Å². The van der Waals surface area contributed by atoms with Crippen LogP contribution in [0.2, 0.25) is 0 Å². The van der Waals surface area contributed by atoms with E-state index in [0.717, 1.165) is 32.0 Å². The van der Waals surface area contributed by atoms with Gasteiger partial charge < -0.3 is 44.9 Å². The van der Waals surface area contributed by atoms with Gasteiger partial charge in [0.25, 0.3) is 0 Å². The van der Waals surface area contributed by atoms with Gasteiger partial charge in [-0.2, -0.15) is 35.0 Å². The van der Waals surface area contributed by atoms with Crippen molar-refractivity contribution in [3.8, 4) is 0 Å². The number of nitrogens with one attached hydrogen (secondary N) is 1. The Morgan fingerprint density at radius 1 is 0.914 bits per heavy atom. The average Bonchev–Trinajstić information content (AvgIpc) is 3.49. The van der Waals surface area contributed by atoms with Crippen LogP contribution < -0.4 is 35.2 Å². The molecule has 4 aromatic rings. The number of aliphatic carboxylic acids is 1. The second-order valence-electron chi connectivity index (χ2n) is 7.66. The van der Waals surface area contributed by atoms with Crippen LogP contribution in [-0.4, -0.2) is 68.3 Å². The maximum Gasteiger partial charge on any atom is 4.00 e. The number of aliphatic imine (C=N–C) groups is 1. The monoisotopic (exact) mass is 687 g/mol. The quantitative estimate of drug-likeness (QED) is 0.216. The van der Waals surface area contributed by atoms with E-state index in [0.29, 0.717) is 6.42 Å². The zero-order valence-electron chi connectivity index (χ0n) is 19.2. The topological polar surface area (TPSA) is 67.8 Å². The molecule has 9 heteroatoms. The molecule has 0 aliphatic carbocycles. The fourth-order valence-electron chi connectivity index (χ4n) is 3.84. The van der Waals surface area contributed by atoms with Crippen molar-refractivity contribution in [1.82, 2.24) is 10.2 Å². The van der Waals surface area contributed by atoms with E-state index in [1.54, 1.807) is 0 Å². The van der Waals surface area contributed by atoms with E-state index < -0.39 is 12.0 Å². The third-order valence-corrected chi connectivity index (χ3v) is 5.52. The Labute approximate surface area is 256 Å². The van der Waals surface area contributed by atoms with E-state index in [1.165, 1.54) is 21.5 Å². The molecular formula is C26H26Cl2InN3O2Zr+2. The number of nitrogens with zero attached hydrogens (tertiary/aromatic N) is 2. The maximum absolute atomic E-state index is 10.6. The van der Waals surface area contributed by atoms with Crippen molar-refractivity contribution in [3.63, 3.8) is 0 Å². The molecule has 0 amide bonds. The molecule has 1 saturated heterocycles. The largest absolute Gasteiger partial charge is 4.00 e. The van der Waals surface area contributed by atoms with Crippen molar-refractivity contribution in [3.05, 3.63) is 84.9 Å². The fourth-order valence-corrected chi connectivity index (χ4v) is 3.84. The van der Waals surface area contributed by atoms with Crippen LogP contribution in [0, 0.1) is 0 Å². The van der Waals surface area contributed by atoms with Gasteiger partial charge >= 0.3 is 52.0 Å².